The molecule has 2 bridgehead atoms. The Balaban J connectivity index is 1.53. The maximum Gasteiger partial charge on any atom is 0.222 e. The first-order valence-electron chi connectivity index (χ1n) is 8.68. The second-order valence-corrected chi connectivity index (χ2v) is 7.45. The summed E-state index contributed by atoms with van der Waals surface area (Å²) in [5.74, 6) is 1.07. The molecule has 1 N–H and O–H groups in total. The molecule has 3 aliphatic rings. The lowest BCUT2D eigenvalue weighted by Gasteiger charge is -2.30. The Kier molecular flexibility index (Phi) is 4.07. The quantitative estimate of drug-likeness (QED) is 0.857. The predicted octanol–water partition coefficient (Wildman–Crippen LogP) is 2.95. The Labute approximate surface area is 123 Å². The first kappa shape index (κ1) is 14.4. The van der Waals surface area contributed by atoms with Crippen LogP contribution in [0, 0.1) is 11.3 Å². The van der Waals surface area contributed by atoms with Crippen LogP contribution in [-0.4, -0.2) is 36.0 Å². The number of amides is 1. The Morgan fingerprint density at radius 1 is 1.20 bits per heavy atom. The van der Waals surface area contributed by atoms with Crippen LogP contribution < -0.4 is 5.32 Å². The zero-order chi connectivity index (χ0) is 14.2. The number of rotatable bonds is 4. The van der Waals surface area contributed by atoms with E-state index in [1.165, 1.54) is 44.9 Å². The van der Waals surface area contributed by atoms with Gasteiger partial charge in [0.2, 0.25) is 5.91 Å². The Bertz CT molecular complexity index is 352. The fourth-order valence-corrected chi connectivity index (χ4v) is 4.69. The van der Waals surface area contributed by atoms with E-state index in [1.807, 2.05) is 0 Å². The van der Waals surface area contributed by atoms with Crippen LogP contribution in [0.25, 0.3) is 0 Å². The molecule has 0 aromatic carbocycles. The van der Waals surface area contributed by atoms with Crippen molar-refractivity contribution >= 4 is 5.91 Å². The third-order valence-corrected chi connectivity index (χ3v) is 6.33. The summed E-state index contributed by atoms with van der Waals surface area (Å²) in [7, 11) is 0. The van der Waals surface area contributed by atoms with Crippen LogP contribution in [-0.2, 0) is 4.79 Å². The van der Waals surface area contributed by atoms with Crippen molar-refractivity contribution in [2.24, 2.45) is 11.3 Å². The number of fused-ring (bicyclic) bond motifs is 2. The third-order valence-electron chi connectivity index (χ3n) is 6.33. The number of carbonyl (C=O) groups is 1. The van der Waals surface area contributed by atoms with Crippen molar-refractivity contribution in [3.8, 4) is 0 Å². The topological polar surface area (TPSA) is 32.3 Å². The Morgan fingerprint density at radius 2 is 1.85 bits per heavy atom. The highest BCUT2D eigenvalue weighted by atomic mass is 16.2. The molecule has 0 aliphatic carbocycles. The van der Waals surface area contributed by atoms with Gasteiger partial charge < -0.3 is 10.2 Å². The van der Waals surface area contributed by atoms with Crippen molar-refractivity contribution < 1.29 is 4.79 Å². The molecule has 2 atom stereocenters. The van der Waals surface area contributed by atoms with Gasteiger partial charge in [0.1, 0.15) is 0 Å². The average molecular weight is 278 g/mol. The predicted molar refractivity (Wildman–Crippen MR) is 81.5 cm³/mol. The molecule has 0 spiro atoms. The van der Waals surface area contributed by atoms with Gasteiger partial charge in [-0.15, -0.1) is 0 Å². The second-order valence-electron chi connectivity index (χ2n) is 7.45. The summed E-state index contributed by atoms with van der Waals surface area (Å²) in [6.07, 6.45) is 9.55. The van der Waals surface area contributed by atoms with Gasteiger partial charge in [0.25, 0.3) is 0 Å². The van der Waals surface area contributed by atoms with Crippen molar-refractivity contribution in [1.82, 2.24) is 10.2 Å². The molecule has 0 aromatic heterocycles. The van der Waals surface area contributed by atoms with Crippen molar-refractivity contribution in [2.75, 3.05) is 13.1 Å². The molecule has 3 rings (SSSR count). The van der Waals surface area contributed by atoms with Gasteiger partial charge in [-0.05, 0) is 56.3 Å². The van der Waals surface area contributed by atoms with E-state index in [0.29, 0.717) is 29.3 Å². The van der Waals surface area contributed by atoms with Gasteiger partial charge >= 0.3 is 0 Å². The number of piperidine rings is 1. The molecule has 2 unspecified atom stereocenters. The van der Waals surface area contributed by atoms with E-state index < -0.39 is 0 Å². The Hall–Kier alpha value is -0.570. The van der Waals surface area contributed by atoms with Gasteiger partial charge in [-0.1, -0.05) is 13.8 Å². The number of nitrogens with zero attached hydrogens (tertiary/aromatic N) is 1. The Morgan fingerprint density at radius 3 is 2.40 bits per heavy atom. The third kappa shape index (κ3) is 2.74. The summed E-state index contributed by atoms with van der Waals surface area (Å²) < 4.78 is 0. The van der Waals surface area contributed by atoms with E-state index in [1.54, 1.807) is 0 Å². The standard InChI is InChI=1S/C17H30N2O/c1-3-17(4-2)7-8-19(12-17)16(20)11-13-9-14-5-6-15(10-13)18-14/h13-15,18H,3-12H2,1-2H3. The van der Waals surface area contributed by atoms with Gasteiger partial charge in [0.05, 0.1) is 0 Å². The molecular weight excluding hydrogens is 248 g/mol. The van der Waals surface area contributed by atoms with Crippen LogP contribution in [0.3, 0.4) is 0 Å². The molecule has 3 heterocycles. The first-order chi connectivity index (χ1) is 9.64. The van der Waals surface area contributed by atoms with Gasteiger partial charge in [-0.3, -0.25) is 4.79 Å². The average Bonchev–Trinajstić information content (AvgIpc) is 3.03. The number of hydrogen-bond acceptors (Lipinski definition) is 2. The molecule has 0 saturated carbocycles. The first-order valence-corrected chi connectivity index (χ1v) is 8.68. The second kappa shape index (κ2) is 5.67. The van der Waals surface area contributed by atoms with E-state index >= 15 is 0 Å². The summed E-state index contributed by atoms with van der Waals surface area (Å²) in [6.45, 7) is 6.57. The molecule has 0 aromatic rings. The normalized spacial score (nSPS) is 35.5. The number of likely N-dealkylation sites (tertiary alicyclic amines) is 1. The van der Waals surface area contributed by atoms with E-state index in [9.17, 15) is 4.79 Å². The number of nitrogens with one attached hydrogen (secondary N) is 1. The molecule has 3 fully saturated rings. The van der Waals surface area contributed by atoms with Crippen LogP contribution in [0.15, 0.2) is 0 Å². The highest BCUT2D eigenvalue weighted by Crippen LogP contribution is 2.38. The van der Waals surface area contributed by atoms with E-state index in [4.69, 9.17) is 0 Å². The SMILES string of the molecule is CCC1(CC)CCN(C(=O)CC2CC3CCC(C2)N3)C1. The van der Waals surface area contributed by atoms with Gasteiger partial charge in [-0.25, -0.2) is 0 Å². The molecule has 3 aliphatic heterocycles. The van der Waals surface area contributed by atoms with Gasteiger partial charge in [0.15, 0.2) is 0 Å². The number of hydrogen-bond donors (Lipinski definition) is 1. The molecule has 3 saturated heterocycles. The minimum Gasteiger partial charge on any atom is -0.342 e. The molecule has 3 nitrogen and oxygen atoms in total. The summed E-state index contributed by atoms with van der Waals surface area (Å²) in [5.41, 5.74) is 0.419. The zero-order valence-electron chi connectivity index (χ0n) is 13.2. The zero-order valence-corrected chi connectivity index (χ0v) is 13.2. The van der Waals surface area contributed by atoms with Crippen molar-refractivity contribution in [3.63, 3.8) is 0 Å². The van der Waals surface area contributed by atoms with E-state index in [2.05, 4.69) is 24.1 Å². The molecular formula is C17H30N2O. The highest BCUT2D eigenvalue weighted by Gasteiger charge is 2.39. The van der Waals surface area contributed by atoms with Crippen molar-refractivity contribution in [1.29, 1.82) is 0 Å². The van der Waals surface area contributed by atoms with Crippen LogP contribution in [0.4, 0.5) is 0 Å². The molecule has 3 heteroatoms. The molecule has 0 radical (unpaired) electrons. The van der Waals surface area contributed by atoms with Gasteiger partial charge in [0, 0.05) is 31.6 Å². The fraction of sp³-hybridized carbons (Fsp3) is 0.941. The molecule has 1 amide bonds. The smallest absolute Gasteiger partial charge is 0.222 e. The highest BCUT2D eigenvalue weighted by molar-refractivity contribution is 5.76. The van der Waals surface area contributed by atoms with Gasteiger partial charge in [-0.2, -0.15) is 0 Å². The van der Waals surface area contributed by atoms with Crippen molar-refractivity contribution in [2.45, 2.75) is 77.3 Å². The van der Waals surface area contributed by atoms with E-state index in [0.717, 1.165) is 19.5 Å². The summed E-state index contributed by atoms with van der Waals surface area (Å²) in [6, 6.07) is 1.41. The van der Waals surface area contributed by atoms with Crippen LogP contribution in [0.2, 0.25) is 0 Å². The largest absolute Gasteiger partial charge is 0.342 e. The minimum absolute atomic E-state index is 0.419. The maximum absolute atomic E-state index is 12.6. The summed E-state index contributed by atoms with van der Waals surface area (Å²) >= 11 is 0. The lowest BCUT2D eigenvalue weighted by atomic mass is 9.82. The van der Waals surface area contributed by atoms with Crippen LogP contribution >= 0.6 is 0 Å². The number of carbonyl (C=O) groups excluding carboxylic acids is 1. The van der Waals surface area contributed by atoms with E-state index in [-0.39, 0.29) is 0 Å². The molecule has 114 valence electrons. The fourth-order valence-electron chi connectivity index (χ4n) is 4.69. The summed E-state index contributed by atoms with van der Waals surface area (Å²) in [4.78, 5) is 14.7. The molecule has 20 heavy (non-hydrogen) atoms. The van der Waals surface area contributed by atoms with Crippen LogP contribution in [0.5, 0.6) is 0 Å². The monoisotopic (exact) mass is 278 g/mol. The maximum atomic E-state index is 12.6. The lowest BCUT2D eigenvalue weighted by molar-refractivity contribution is -0.131. The van der Waals surface area contributed by atoms with Crippen molar-refractivity contribution in [3.05, 3.63) is 0 Å². The summed E-state index contributed by atoms with van der Waals surface area (Å²) in [5, 5.41) is 3.67. The minimum atomic E-state index is 0.419. The van der Waals surface area contributed by atoms with Crippen LogP contribution in [0.1, 0.15) is 65.2 Å². The lowest BCUT2D eigenvalue weighted by Crippen LogP contribution is -2.40.